The van der Waals surface area contributed by atoms with E-state index in [2.05, 4.69) is 241 Å². The Hall–Kier alpha value is -7.48. The van der Waals surface area contributed by atoms with Crippen molar-refractivity contribution in [2.24, 2.45) is 0 Å². The summed E-state index contributed by atoms with van der Waals surface area (Å²) in [5, 5.41) is 4.98. The van der Waals surface area contributed by atoms with Gasteiger partial charge < -0.3 is 4.90 Å². The molecule has 0 unspecified atom stereocenters. The summed E-state index contributed by atoms with van der Waals surface area (Å²) in [6.07, 6.45) is 0. The molecule has 0 saturated carbocycles. The summed E-state index contributed by atoms with van der Waals surface area (Å²) in [6, 6.07) is 85.6. The molecule has 268 valence electrons. The molecule has 0 aliphatic carbocycles. The van der Waals surface area contributed by atoms with Gasteiger partial charge in [0.25, 0.3) is 0 Å². The maximum atomic E-state index is 2.44. The van der Waals surface area contributed by atoms with E-state index in [1.165, 1.54) is 66.1 Å². The maximum Gasteiger partial charge on any atom is 0.0540 e. The minimum absolute atomic E-state index is 1.10. The van der Waals surface area contributed by atoms with Gasteiger partial charge in [-0.2, -0.15) is 0 Å². The van der Waals surface area contributed by atoms with E-state index in [1.54, 1.807) is 0 Å². The Balaban J connectivity index is 1.24. The van der Waals surface area contributed by atoms with Crippen molar-refractivity contribution in [1.82, 2.24) is 0 Å². The Morgan fingerprint density at radius 2 is 0.684 bits per heavy atom. The van der Waals surface area contributed by atoms with Gasteiger partial charge in [-0.3, -0.25) is 0 Å². The third-order valence-electron chi connectivity index (χ3n) is 11.1. The Labute approximate surface area is 334 Å². The van der Waals surface area contributed by atoms with Crippen molar-refractivity contribution < 1.29 is 0 Å². The first-order valence-electron chi connectivity index (χ1n) is 19.6. The summed E-state index contributed by atoms with van der Waals surface area (Å²) in [4.78, 5) is 2.44. The van der Waals surface area contributed by atoms with Gasteiger partial charge in [-0.25, -0.2) is 0 Å². The van der Waals surface area contributed by atoms with Gasteiger partial charge in [0.2, 0.25) is 0 Å². The highest BCUT2D eigenvalue weighted by Gasteiger charge is 2.23. The summed E-state index contributed by atoms with van der Waals surface area (Å²) in [5.74, 6) is 0. The van der Waals surface area contributed by atoms with E-state index >= 15 is 0 Å². The molecule has 0 aliphatic rings. The van der Waals surface area contributed by atoms with Crippen LogP contribution in [0.2, 0.25) is 0 Å². The molecule has 0 aromatic heterocycles. The van der Waals surface area contributed by atoms with Crippen molar-refractivity contribution in [3.8, 4) is 55.6 Å². The highest BCUT2D eigenvalue weighted by molar-refractivity contribution is 6.22. The number of hydrogen-bond acceptors (Lipinski definition) is 1. The summed E-state index contributed by atoms with van der Waals surface area (Å²) in [7, 11) is 0. The molecule has 1 heteroatoms. The third-order valence-corrected chi connectivity index (χ3v) is 11.1. The summed E-state index contributed by atoms with van der Waals surface area (Å²) < 4.78 is 0. The molecule has 1 nitrogen and oxygen atoms in total. The summed E-state index contributed by atoms with van der Waals surface area (Å²) in [6.45, 7) is 0. The zero-order valence-electron chi connectivity index (χ0n) is 31.5. The van der Waals surface area contributed by atoms with Crippen molar-refractivity contribution >= 4 is 38.6 Å². The fourth-order valence-electron chi connectivity index (χ4n) is 8.46. The Kier molecular flexibility index (Phi) is 8.95. The standard InChI is InChI=1S/C56H39N/c1-6-20-40(21-7-1)44-35-37-54(51(38-44)41-22-8-2-9-23-41)57(46-28-14-5-15-29-46)53-33-19-18-30-47(53)45-34-36-49-48-31-16-17-32-50(48)55(42-24-10-3-11-25-42)56(52(49)39-45)43-26-12-4-13-27-43/h1-39H. The first-order valence-corrected chi connectivity index (χ1v) is 19.6. The molecular weight excluding hydrogens is 687 g/mol. The first-order chi connectivity index (χ1) is 28.3. The lowest BCUT2D eigenvalue weighted by Gasteiger charge is -2.30. The number of nitrogens with zero attached hydrogens (tertiary/aromatic N) is 1. The van der Waals surface area contributed by atoms with Crippen molar-refractivity contribution in [3.63, 3.8) is 0 Å². The minimum atomic E-state index is 1.10. The van der Waals surface area contributed by atoms with Crippen molar-refractivity contribution in [3.05, 3.63) is 237 Å². The molecule has 0 spiro atoms. The number of benzene rings is 10. The van der Waals surface area contributed by atoms with Crippen LogP contribution in [0.25, 0.3) is 77.2 Å². The van der Waals surface area contributed by atoms with Crippen LogP contribution >= 0.6 is 0 Å². The summed E-state index contributed by atoms with van der Waals surface area (Å²) in [5.41, 5.74) is 15.3. The second-order valence-electron chi connectivity index (χ2n) is 14.4. The largest absolute Gasteiger partial charge is 0.309 e. The molecule has 0 radical (unpaired) electrons. The first kappa shape index (κ1) is 34.0. The minimum Gasteiger partial charge on any atom is -0.309 e. The van der Waals surface area contributed by atoms with E-state index in [0.717, 1.165) is 28.2 Å². The molecule has 0 aliphatic heterocycles. The highest BCUT2D eigenvalue weighted by atomic mass is 15.1. The topological polar surface area (TPSA) is 3.24 Å². The normalized spacial score (nSPS) is 11.2. The second-order valence-corrected chi connectivity index (χ2v) is 14.4. The molecule has 10 rings (SSSR count). The zero-order valence-corrected chi connectivity index (χ0v) is 31.5. The van der Waals surface area contributed by atoms with E-state index < -0.39 is 0 Å². The third kappa shape index (κ3) is 6.36. The van der Waals surface area contributed by atoms with Crippen LogP contribution in [0.3, 0.4) is 0 Å². The lowest BCUT2D eigenvalue weighted by atomic mass is 9.84. The van der Waals surface area contributed by atoms with Crippen LogP contribution in [0, 0.1) is 0 Å². The lowest BCUT2D eigenvalue weighted by molar-refractivity contribution is 1.28. The maximum absolute atomic E-state index is 2.44. The van der Waals surface area contributed by atoms with Gasteiger partial charge in [0.1, 0.15) is 0 Å². The fraction of sp³-hybridized carbons (Fsp3) is 0. The van der Waals surface area contributed by atoms with Gasteiger partial charge in [0.15, 0.2) is 0 Å². The quantitative estimate of drug-likeness (QED) is 0.141. The molecule has 0 bridgehead atoms. The van der Waals surface area contributed by atoms with Crippen LogP contribution < -0.4 is 4.90 Å². The van der Waals surface area contributed by atoms with E-state index in [0.29, 0.717) is 0 Å². The zero-order chi connectivity index (χ0) is 38.0. The van der Waals surface area contributed by atoms with Crippen LogP contribution in [-0.2, 0) is 0 Å². The number of fused-ring (bicyclic) bond motifs is 3. The molecule has 0 amide bonds. The van der Waals surface area contributed by atoms with Crippen LogP contribution in [0.5, 0.6) is 0 Å². The molecule has 10 aromatic rings. The molecular formula is C56H39N. The van der Waals surface area contributed by atoms with Gasteiger partial charge in [-0.05, 0) is 102 Å². The van der Waals surface area contributed by atoms with E-state index in [1.807, 2.05) is 0 Å². The lowest BCUT2D eigenvalue weighted by Crippen LogP contribution is -2.12. The number of rotatable bonds is 8. The van der Waals surface area contributed by atoms with Gasteiger partial charge in [0.05, 0.1) is 11.4 Å². The van der Waals surface area contributed by atoms with Crippen LogP contribution in [0.1, 0.15) is 0 Å². The Morgan fingerprint density at radius 1 is 0.228 bits per heavy atom. The van der Waals surface area contributed by atoms with Crippen LogP contribution in [0.4, 0.5) is 17.1 Å². The summed E-state index contributed by atoms with van der Waals surface area (Å²) >= 11 is 0. The van der Waals surface area contributed by atoms with Crippen molar-refractivity contribution in [2.45, 2.75) is 0 Å². The smallest absolute Gasteiger partial charge is 0.0540 e. The van der Waals surface area contributed by atoms with E-state index in [4.69, 9.17) is 0 Å². The number of hydrogen-bond donors (Lipinski definition) is 0. The predicted octanol–water partition coefficient (Wildman–Crippen LogP) is 15.8. The highest BCUT2D eigenvalue weighted by Crippen LogP contribution is 2.49. The van der Waals surface area contributed by atoms with Gasteiger partial charge in [-0.1, -0.05) is 200 Å². The average molecular weight is 726 g/mol. The molecule has 57 heavy (non-hydrogen) atoms. The van der Waals surface area contributed by atoms with Crippen molar-refractivity contribution in [2.75, 3.05) is 4.90 Å². The van der Waals surface area contributed by atoms with E-state index in [-0.39, 0.29) is 0 Å². The van der Waals surface area contributed by atoms with E-state index in [9.17, 15) is 0 Å². The van der Waals surface area contributed by atoms with Crippen LogP contribution in [0.15, 0.2) is 237 Å². The Bertz CT molecular complexity index is 2970. The second kappa shape index (κ2) is 15.0. The van der Waals surface area contributed by atoms with Gasteiger partial charge in [0, 0.05) is 16.8 Å². The Morgan fingerprint density at radius 3 is 1.33 bits per heavy atom. The van der Waals surface area contributed by atoms with Gasteiger partial charge >= 0.3 is 0 Å². The fourth-order valence-corrected chi connectivity index (χ4v) is 8.46. The molecule has 10 aromatic carbocycles. The molecule has 0 N–H and O–H groups in total. The average Bonchev–Trinajstić information content (AvgIpc) is 3.30. The molecule has 0 atom stereocenters. The molecule has 0 saturated heterocycles. The molecule has 0 fully saturated rings. The van der Waals surface area contributed by atoms with Crippen LogP contribution in [-0.4, -0.2) is 0 Å². The SMILES string of the molecule is c1ccc(-c2ccc(N(c3ccccc3)c3ccccc3-c3ccc4c(c3)c(-c3ccccc3)c(-c3ccccc3)c3ccccc34)c(-c3ccccc3)c2)cc1. The number of anilines is 3. The molecule has 0 heterocycles. The van der Waals surface area contributed by atoms with Crippen molar-refractivity contribution in [1.29, 1.82) is 0 Å². The predicted molar refractivity (Wildman–Crippen MR) is 243 cm³/mol. The number of para-hydroxylation sites is 2. The monoisotopic (exact) mass is 725 g/mol. The van der Waals surface area contributed by atoms with Gasteiger partial charge in [-0.15, -0.1) is 0 Å².